The number of hydrogen-bond donors (Lipinski definition) is 4. The molecule has 8 nitrogen and oxygen atoms in total. The summed E-state index contributed by atoms with van der Waals surface area (Å²) in [6.07, 6.45) is 0.455. The first-order valence-corrected chi connectivity index (χ1v) is 6.73. The lowest BCUT2D eigenvalue weighted by molar-refractivity contribution is -0.0439. The molecule has 0 aromatic carbocycles. The SMILES string of the molecule is C[C@@]1(Cl)C(O)C(CO)O[C@H]1n1ccc2c(NO)ncnc21. The zero-order valence-corrected chi connectivity index (χ0v) is 11.9. The number of hydrogen-bond acceptors (Lipinski definition) is 7. The van der Waals surface area contributed by atoms with Crippen molar-refractivity contribution in [1.29, 1.82) is 0 Å². The summed E-state index contributed by atoms with van der Waals surface area (Å²) in [5.41, 5.74) is 2.49. The average Bonchev–Trinajstić information content (AvgIpc) is 2.99. The van der Waals surface area contributed by atoms with Crippen LogP contribution in [0.1, 0.15) is 13.2 Å². The van der Waals surface area contributed by atoms with E-state index >= 15 is 0 Å². The monoisotopic (exact) mass is 314 g/mol. The molecule has 9 heteroatoms. The van der Waals surface area contributed by atoms with Crippen LogP contribution in [0.3, 0.4) is 0 Å². The third-order valence-electron chi connectivity index (χ3n) is 3.76. The standard InChI is InChI=1S/C12H15ClN4O4/c1-12(13)8(19)7(4-18)21-11(12)17-3-2-6-9(16-20)14-5-15-10(6)17/h2-3,5,7-8,11,18-20H,4H2,1H3,(H,14,15,16)/t7?,8?,11-,12-/m1/s1. The molecule has 1 aliphatic heterocycles. The van der Waals surface area contributed by atoms with E-state index in [0.717, 1.165) is 0 Å². The van der Waals surface area contributed by atoms with Crippen LogP contribution in [0.5, 0.6) is 0 Å². The molecule has 2 aromatic rings. The van der Waals surface area contributed by atoms with E-state index in [-0.39, 0.29) is 12.4 Å². The second-order valence-corrected chi connectivity index (χ2v) is 5.91. The number of aliphatic hydroxyl groups is 2. The number of ether oxygens (including phenoxy) is 1. The first-order valence-electron chi connectivity index (χ1n) is 6.35. The smallest absolute Gasteiger partial charge is 0.162 e. The molecule has 1 fully saturated rings. The molecule has 3 heterocycles. The van der Waals surface area contributed by atoms with Crippen molar-refractivity contribution < 1.29 is 20.2 Å². The molecule has 0 bridgehead atoms. The van der Waals surface area contributed by atoms with Gasteiger partial charge in [-0.15, -0.1) is 11.6 Å². The van der Waals surface area contributed by atoms with Crippen LogP contribution in [0.15, 0.2) is 18.6 Å². The van der Waals surface area contributed by atoms with Gasteiger partial charge in [0.25, 0.3) is 0 Å². The lowest BCUT2D eigenvalue weighted by Gasteiger charge is -2.26. The molecule has 0 aliphatic carbocycles. The first kappa shape index (κ1) is 14.5. The Hall–Kier alpha value is -1.45. The number of nitrogens with one attached hydrogen (secondary N) is 1. The largest absolute Gasteiger partial charge is 0.394 e. The molecule has 2 aromatic heterocycles. The van der Waals surface area contributed by atoms with Crippen molar-refractivity contribution in [1.82, 2.24) is 14.5 Å². The van der Waals surface area contributed by atoms with E-state index in [9.17, 15) is 10.2 Å². The molecule has 4 N–H and O–H groups in total. The van der Waals surface area contributed by atoms with E-state index in [1.54, 1.807) is 23.8 Å². The van der Waals surface area contributed by atoms with Gasteiger partial charge in [-0.3, -0.25) is 10.7 Å². The minimum absolute atomic E-state index is 0.257. The summed E-state index contributed by atoms with van der Waals surface area (Å²) < 4.78 is 7.29. The van der Waals surface area contributed by atoms with Crippen LogP contribution in [0.2, 0.25) is 0 Å². The van der Waals surface area contributed by atoms with Crippen molar-refractivity contribution in [3.05, 3.63) is 18.6 Å². The van der Waals surface area contributed by atoms with Gasteiger partial charge in [-0.05, 0) is 13.0 Å². The number of nitrogens with zero attached hydrogens (tertiary/aromatic N) is 3. The van der Waals surface area contributed by atoms with Crippen molar-refractivity contribution >= 4 is 28.5 Å². The van der Waals surface area contributed by atoms with Crippen LogP contribution < -0.4 is 5.48 Å². The van der Waals surface area contributed by atoms with Crippen LogP contribution in [0.25, 0.3) is 11.0 Å². The molecule has 4 atom stereocenters. The van der Waals surface area contributed by atoms with Crippen LogP contribution in [0.4, 0.5) is 5.82 Å². The number of halogens is 1. The minimum Gasteiger partial charge on any atom is -0.394 e. The molecule has 0 saturated carbocycles. The first-order chi connectivity index (χ1) is 10.0. The minimum atomic E-state index is -1.13. The summed E-state index contributed by atoms with van der Waals surface area (Å²) in [6.45, 7) is 1.30. The number of aromatic nitrogens is 3. The Balaban J connectivity index is 2.09. The average molecular weight is 315 g/mol. The Labute approximate surface area is 124 Å². The van der Waals surface area contributed by atoms with Crippen molar-refractivity contribution in [3.8, 4) is 0 Å². The Morgan fingerprint density at radius 1 is 1.52 bits per heavy atom. The summed E-state index contributed by atoms with van der Waals surface area (Å²) >= 11 is 6.41. The second-order valence-electron chi connectivity index (χ2n) is 5.10. The van der Waals surface area contributed by atoms with Gasteiger partial charge in [-0.25, -0.2) is 9.97 Å². The predicted molar refractivity (Wildman–Crippen MR) is 74.2 cm³/mol. The molecule has 0 spiro atoms. The molecule has 114 valence electrons. The number of alkyl halides is 1. The van der Waals surface area contributed by atoms with Gasteiger partial charge in [-0.1, -0.05) is 0 Å². The third-order valence-corrected chi connectivity index (χ3v) is 4.18. The van der Waals surface area contributed by atoms with E-state index in [0.29, 0.717) is 11.0 Å². The van der Waals surface area contributed by atoms with E-state index in [1.165, 1.54) is 6.33 Å². The molecule has 1 saturated heterocycles. The highest BCUT2D eigenvalue weighted by Gasteiger charge is 2.53. The molecule has 3 rings (SSSR count). The maximum Gasteiger partial charge on any atom is 0.162 e. The van der Waals surface area contributed by atoms with E-state index in [4.69, 9.17) is 21.5 Å². The summed E-state index contributed by atoms with van der Waals surface area (Å²) in [5.74, 6) is 0.257. The van der Waals surface area contributed by atoms with Gasteiger partial charge >= 0.3 is 0 Å². The summed E-state index contributed by atoms with van der Waals surface area (Å²) in [7, 11) is 0. The van der Waals surface area contributed by atoms with Crippen molar-refractivity contribution in [2.75, 3.05) is 12.1 Å². The normalized spacial score (nSPS) is 32.7. The molecule has 1 aliphatic rings. The second kappa shape index (κ2) is 5.08. The number of aliphatic hydroxyl groups excluding tert-OH is 2. The summed E-state index contributed by atoms with van der Waals surface area (Å²) in [6, 6.07) is 1.70. The van der Waals surface area contributed by atoms with Crippen LogP contribution in [0, 0.1) is 0 Å². The van der Waals surface area contributed by atoms with Gasteiger partial charge in [0.15, 0.2) is 12.0 Å². The molecule has 0 radical (unpaired) electrons. The maximum atomic E-state index is 10.1. The molecular formula is C12H15ClN4O4. The van der Waals surface area contributed by atoms with Crippen LogP contribution in [-0.2, 0) is 4.74 Å². The van der Waals surface area contributed by atoms with Gasteiger partial charge in [0.05, 0.1) is 12.0 Å². The zero-order chi connectivity index (χ0) is 15.2. The predicted octanol–water partition coefficient (Wildman–Crippen LogP) is 0.481. The zero-order valence-electron chi connectivity index (χ0n) is 11.1. The Bertz CT molecular complexity index is 662. The number of anilines is 1. The fraction of sp³-hybridized carbons (Fsp3) is 0.500. The lowest BCUT2D eigenvalue weighted by Crippen LogP contribution is -2.39. The lowest BCUT2D eigenvalue weighted by atomic mass is 10.0. The van der Waals surface area contributed by atoms with Crippen molar-refractivity contribution in [3.63, 3.8) is 0 Å². The third kappa shape index (κ3) is 2.07. The highest BCUT2D eigenvalue weighted by atomic mass is 35.5. The van der Waals surface area contributed by atoms with Crippen molar-refractivity contribution in [2.45, 2.75) is 30.2 Å². The fourth-order valence-electron chi connectivity index (χ4n) is 2.61. The topological polar surface area (TPSA) is 113 Å². The fourth-order valence-corrected chi connectivity index (χ4v) is 2.91. The van der Waals surface area contributed by atoms with Gasteiger partial charge in [0.2, 0.25) is 0 Å². The Morgan fingerprint density at radius 2 is 2.29 bits per heavy atom. The summed E-state index contributed by atoms with van der Waals surface area (Å²) in [4.78, 5) is 6.92. The van der Waals surface area contributed by atoms with Crippen LogP contribution >= 0.6 is 11.6 Å². The quantitative estimate of drug-likeness (QED) is 0.481. The van der Waals surface area contributed by atoms with Crippen molar-refractivity contribution in [2.24, 2.45) is 0 Å². The van der Waals surface area contributed by atoms with Gasteiger partial charge in [0.1, 0.15) is 29.1 Å². The Morgan fingerprint density at radius 3 is 2.90 bits per heavy atom. The van der Waals surface area contributed by atoms with Gasteiger partial charge < -0.3 is 19.5 Å². The van der Waals surface area contributed by atoms with E-state index in [2.05, 4.69) is 9.97 Å². The molecule has 2 unspecified atom stereocenters. The molecule has 21 heavy (non-hydrogen) atoms. The highest BCUT2D eigenvalue weighted by Crippen LogP contribution is 2.44. The maximum absolute atomic E-state index is 10.1. The van der Waals surface area contributed by atoms with E-state index < -0.39 is 23.3 Å². The highest BCUT2D eigenvalue weighted by molar-refractivity contribution is 6.24. The Kier molecular flexibility index (Phi) is 3.50. The van der Waals surface area contributed by atoms with Gasteiger partial charge in [-0.2, -0.15) is 0 Å². The number of fused-ring (bicyclic) bond motifs is 1. The van der Waals surface area contributed by atoms with E-state index in [1.807, 2.05) is 5.48 Å². The van der Waals surface area contributed by atoms with Crippen LogP contribution in [-0.4, -0.2) is 53.6 Å². The number of rotatable bonds is 3. The molecule has 0 amide bonds. The van der Waals surface area contributed by atoms with Gasteiger partial charge in [0, 0.05) is 6.20 Å². The molecular weight excluding hydrogens is 300 g/mol. The summed E-state index contributed by atoms with van der Waals surface area (Å²) in [5, 5.41) is 29.0.